The fraction of sp³-hybridized carbons (Fsp3) is 0.533. The quantitative estimate of drug-likeness (QED) is 0.856. The average Bonchev–Trinajstić information content (AvgIpc) is 2.87. The number of hydrogen-bond acceptors (Lipinski definition) is 5. The summed E-state index contributed by atoms with van der Waals surface area (Å²) in [4.78, 5) is 16.2. The molecule has 0 aliphatic carbocycles. The molecule has 7 heteroatoms. The Morgan fingerprint density at radius 3 is 2.41 bits per heavy atom. The Balaban J connectivity index is 1.60. The summed E-state index contributed by atoms with van der Waals surface area (Å²) in [5, 5.41) is 9.88. The van der Waals surface area contributed by atoms with Gasteiger partial charge in [0.15, 0.2) is 9.84 Å². The Kier molecular flexibility index (Phi) is 3.99. The standard InChI is InChI=1S/C15H20N2O4S/c18-14-4-2-1-3-13(14)16-6-8-17(9-7-16)15(19)12-5-10-22(20,21)11-12/h1-4,12,18H,5-11H2. The van der Waals surface area contributed by atoms with Crippen molar-refractivity contribution in [1.82, 2.24) is 4.90 Å². The van der Waals surface area contributed by atoms with Gasteiger partial charge in [-0.25, -0.2) is 8.42 Å². The van der Waals surface area contributed by atoms with Crippen molar-refractivity contribution in [2.24, 2.45) is 5.92 Å². The molecule has 2 aliphatic rings. The van der Waals surface area contributed by atoms with Crippen LogP contribution in [0, 0.1) is 5.92 Å². The normalized spacial score (nSPS) is 24.5. The van der Waals surface area contributed by atoms with Crippen LogP contribution in [0.4, 0.5) is 5.69 Å². The first-order chi connectivity index (χ1) is 10.5. The van der Waals surface area contributed by atoms with Crippen molar-refractivity contribution in [3.63, 3.8) is 0 Å². The zero-order valence-corrected chi connectivity index (χ0v) is 13.1. The van der Waals surface area contributed by atoms with E-state index in [-0.39, 0.29) is 29.1 Å². The van der Waals surface area contributed by atoms with Gasteiger partial charge in [0.25, 0.3) is 0 Å². The lowest BCUT2D eigenvalue weighted by Crippen LogP contribution is -2.50. The molecule has 1 N–H and O–H groups in total. The number of benzene rings is 1. The van der Waals surface area contributed by atoms with Crippen molar-refractivity contribution in [3.05, 3.63) is 24.3 Å². The number of para-hydroxylation sites is 2. The first kappa shape index (κ1) is 15.1. The number of hydrogen-bond donors (Lipinski definition) is 1. The van der Waals surface area contributed by atoms with Crippen LogP contribution in [0.3, 0.4) is 0 Å². The SMILES string of the molecule is O=C(C1CCS(=O)(=O)C1)N1CCN(c2ccccc2O)CC1. The maximum atomic E-state index is 12.4. The van der Waals surface area contributed by atoms with E-state index in [4.69, 9.17) is 0 Å². The molecule has 2 aliphatic heterocycles. The molecule has 1 aromatic carbocycles. The molecule has 0 aromatic heterocycles. The van der Waals surface area contributed by atoms with Crippen LogP contribution >= 0.6 is 0 Å². The Morgan fingerprint density at radius 1 is 1.14 bits per heavy atom. The molecule has 0 radical (unpaired) electrons. The van der Waals surface area contributed by atoms with Crippen molar-refractivity contribution in [1.29, 1.82) is 0 Å². The third-order valence-corrected chi connectivity index (χ3v) is 6.16. The number of amides is 1. The van der Waals surface area contributed by atoms with Gasteiger partial charge in [-0.15, -0.1) is 0 Å². The molecule has 2 fully saturated rings. The van der Waals surface area contributed by atoms with Gasteiger partial charge < -0.3 is 14.9 Å². The van der Waals surface area contributed by atoms with E-state index >= 15 is 0 Å². The number of piperazine rings is 1. The minimum Gasteiger partial charge on any atom is -0.506 e. The predicted molar refractivity (Wildman–Crippen MR) is 83.7 cm³/mol. The lowest BCUT2D eigenvalue weighted by atomic mass is 10.1. The average molecular weight is 324 g/mol. The summed E-state index contributed by atoms with van der Waals surface area (Å²) >= 11 is 0. The molecule has 6 nitrogen and oxygen atoms in total. The minimum absolute atomic E-state index is 0.00841. The third-order valence-electron chi connectivity index (χ3n) is 4.40. The highest BCUT2D eigenvalue weighted by atomic mass is 32.2. The smallest absolute Gasteiger partial charge is 0.226 e. The zero-order valence-electron chi connectivity index (χ0n) is 12.3. The maximum absolute atomic E-state index is 12.4. The van der Waals surface area contributed by atoms with Crippen LogP contribution in [-0.2, 0) is 14.6 Å². The van der Waals surface area contributed by atoms with E-state index in [9.17, 15) is 18.3 Å². The van der Waals surface area contributed by atoms with Gasteiger partial charge in [0.05, 0.1) is 23.1 Å². The van der Waals surface area contributed by atoms with Gasteiger partial charge >= 0.3 is 0 Å². The molecule has 0 spiro atoms. The van der Waals surface area contributed by atoms with Crippen LogP contribution in [0.2, 0.25) is 0 Å². The summed E-state index contributed by atoms with van der Waals surface area (Å²) in [6.07, 6.45) is 0.445. The highest BCUT2D eigenvalue weighted by Crippen LogP contribution is 2.28. The number of carbonyl (C=O) groups excluding carboxylic acids is 1. The summed E-state index contributed by atoms with van der Waals surface area (Å²) in [7, 11) is -3.03. The van der Waals surface area contributed by atoms with Crippen molar-refractivity contribution in [3.8, 4) is 5.75 Å². The summed E-state index contributed by atoms with van der Waals surface area (Å²) < 4.78 is 23.0. The molecular formula is C15H20N2O4S. The second kappa shape index (κ2) is 5.79. The van der Waals surface area contributed by atoms with Crippen LogP contribution in [-0.4, -0.2) is 62.0 Å². The minimum atomic E-state index is -3.03. The van der Waals surface area contributed by atoms with E-state index in [1.807, 2.05) is 17.0 Å². The van der Waals surface area contributed by atoms with Gasteiger partial charge in [-0.3, -0.25) is 4.79 Å². The lowest BCUT2D eigenvalue weighted by molar-refractivity contribution is -0.135. The molecular weight excluding hydrogens is 304 g/mol. The Morgan fingerprint density at radius 2 is 1.82 bits per heavy atom. The van der Waals surface area contributed by atoms with E-state index < -0.39 is 9.84 Å². The van der Waals surface area contributed by atoms with E-state index in [1.54, 1.807) is 17.0 Å². The first-order valence-corrected chi connectivity index (χ1v) is 9.30. The summed E-state index contributed by atoms with van der Waals surface area (Å²) in [5.41, 5.74) is 0.776. The van der Waals surface area contributed by atoms with Crippen molar-refractivity contribution < 1.29 is 18.3 Å². The van der Waals surface area contributed by atoms with E-state index in [2.05, 4.69) is 0 Å². The molecule has 1 aromatic rings. The molecule has 1 amide bonds. The van der Waals surface area contributed by atoms with E-state index in [0.29, 0.717) is 32.6 Å². The molecule has 22 heavy (non-hydrogen) atoms. The number of carbonyl (C=O) groups is 1. The Hall–Kier alpha value is -1.76. The fourth-order valence-electron chi connectivity index (χ4n) is 3.15. The monoisotopic (exact) mass is 324 g/mol. The van der Waals surface area contributed by atoms with E-state index in [1.165, 1.54) is 0 Å². The zero-order chi connectivity index (χ0) is 15.7. The number of rotatable bonds is 2. The van der Waals surface area contributed by atoms with Gasteiger partial charge in [0.1, 0.15) is 5.75 Å². The van der Waals surface area contributed by atoms with Crippen LogP contribution < -0.4 is 4.90 Å². The number of sulfone groups is 1. The number of phenolic OH excluding ortho intramolecular Hbond substituents is 1. The molecule has 3 rings (SSSR count). The van der Waals surface area contributed by atoms with Crippen molar-refractivity contribution in [2.45, 2.75) is 6.42 Å². The third kappa shape index (κ3) is 3.04. The van der Waals surface area contributed by atoms with E-state index in [0.717, 1.165) is 5.69 Å². The fourth-order valence-corrected chi connectivity index (χ4v) is 4.88. The predicted octanol–water partition coefficient (Wildman–Crippen LogP) is 0.475. The summed E-state index contributed by atoms with van der Waals surface area (Å²) in [6, 6.07) is 7.15. The van der Waals surface area contributed by atoms with Gasteiger partial charge in [-0.2, -0.15) is 0 Å². The van der Waals surface area contributed by atoms with Crippen molar-refractivity contribution >= 4 is 21.4 Å². The van der Waals surface area contributed by atoms with Crippen LogP contribution in [0.25, 0.3) is 0 Å². The maximum Gasteiger partial charge on any atom is 0.226 e. The largest absolute Gasteiger partial charge is 0.506 e. The van der Waals surface area contributed by atoms with Gasteiger partial charge in [0.2, 0.25) is 5.91 Å². The first-order valence-electron chi connectivity index (χ1n) is 7.48. The molecule has 0 bridgehead atoms. The van der Waals surface area contributed by atoms with Crippen molar-refractivity contribution in [2.75, 3.05) is 42.6 Å². The van der Waals surface area contributed by atoms with Gasteiger partial charge in [0, 0.05) is 26.2 Å². The molecule has 0 saturated carbocycles. The second-order valence-electron chi connectivity index (χ2n) is 5.90. The number of phenols is 1. The summed E-state index contributed by atoms with van der Waals surface area (Å²) in [5.74, 6) is -0.0592. The summed E-state index contributed by atoms with van der Waals surface area (Å²) in [6.45, 7) is 2.40. The highest BCUT2D eigenvalue weighted by Gasteiger charge is 2.36. The molecule has 2 heterocycles. The lowest BCUT2D eigenvalue weighted by Gasteiger charge is -2.37. The second-order valence-corrected chi connectivity index (χ2v) is 8.13. The van der Waals surface area contributed by atoms with Crippen LogP contribution in [0.1, 0.15) is 6.42 Å². The molecule has 1 unspecified atom stereocenters. The molecule has 1 atom stereocenters. The van der Waals surface area contributed by atoms with Crippen LogP contribution in [0.15, 0.2) is 24.3 Å². The Bertz CT molecular complexity index is 666. The number of aromatic hydroxyl groups is 1. The number of nitrogens with zero attached hydrogens (tertiary/aromatic N) is 2. The van der Waals surface area contributed by atoms with Gasteiger partial charge in [-0.05, 0) is 18.6 Å². The van der Waals surface area contributed by atoms with Crippen LogP contribution in [0.5, 0.6) is 5.75 Å². The molecule has 120 valence electrons. The number of anilines is 1. The Labute approximate surface area is 130 Å². The highest BCUT2D eigenvalue weighted by molar-refractivity contribution is 7.91. The topological polar surface area (TPSA) is 77.9 Å². The molecule has 2 saturated heterocycles. The van der Waals surface area contributed by atoms with Gasteiger partial charge in [-0.1, -0.05) is 12.1 Å².